The molecule has 4 unspecified atom stereocenters. The molecule has 0 spiro atoms. The Morgan fingerprint density at radius 3 is 2.40 bits per heavy atom. The van der Waals surface area contributed by atoms with Crippen LogP contribution in [0, 0.1) is 5.92 Å². The van der Waals surface area contributed by atoms with E-state index >= 15 is 0 Å². The molecule has 25 nitrogen and oxygen atoms in total. The number of nitrogens with one attached hydrogen (secondary N) is 3. The molecule has 70 heavy (non-hydrogen) atoms. The fraction of sp³-hybridized carbons (Fsp3) is 0.400. The van der Waals surface area contributed by atoms with Gasteiger partial charge in [-0.3, -0.25) is 28.9 Å². The second-order valence-corrected chi connectivity index (χ2v) is 17.0. The molecule has 5 aliphatic heterocycles. The average Bonchev–Trinajstić information content (AvgIpc) is 4.01. The van der Waals surface area contributed by atoms with Crippen LogP contribution in [0.4, 0.5) is 10.5 Å². The number of carbonyl (C=O) groups is 7. The normalized spacial score (nSPS) is 23.0. The molecule has 0 bridgehead atoms. The maximum absolute atomic E-state index is 13.7. The Kier molecular flexibility index (Phi) is 12.9. The van der Waals surface area contributed by atoms with Gasteiger partial charge in [-0.15, -0.1) is 0 Å². The predicted molar refractivity (Wildman–Crippen MR) is 231 cm³/mol. The smallest absolute Gasteiger partial charge is 0.407 e. The first-order chi connectivity index (χ1) is 33.5. The standard InChI is InChI=1S/C45H44N6O19/c1-18-8-33(54)50(40(18)59)7-5-31(52)46-6-4-32(53)48-26-9-19(2-3-28(26)69-44-38(58)36(56)37(57)39(70-44)42(61)62)15-66-45(64)47-13-22-20-11-29-30(68-17-67-29)12-25(20)49-34-23(22)14-51-27(34)10-21-24(41(51)60)16-65-43(63)35(21)55/h2-3,9-12,18,35-39,44,55-58H,4-8,13-17H2,1H3,(H,46,52)(H,47,64)(H,48,53)(H,61,62)/t18?,35-,36?,37-,38?,39?,44+/m0/s1. The quantitative estimate of drug-likeness (QED) is 0.0497. The molecule has 2 saturated heterocycles. The van der Waals surface area contributed by atoms with Crippen molar-refractivity contribution in [1.82, 2.24) is 25.1 Å². The van der Waals surface area contributed by atoms with Crippen LogP contribution >= 0.6 is 0 Å². The summed E-state index contributed by atoms with van der Waals surface area (Å²) >= 11 is 0. The number of aliphatic hydroxyl groups excluding tert-OH is 4. The Hall–Kier alpha value is -7.71. The number of hydrogen-bond donors (Lipinski definition) is 8. The number of aliphatic carboxylic acids is 1. The molecular formula is C45H44N6O19. The van der Waals surface area contributed by atoms with E-state index in [2.05, 4.69) is 16.0 Å². The summed E-state index contributed by atoms with van der Waals surface area (Å²) in [4.78, 5) is 107. The lowest BCUT2D eigenvalue weighted by molar-refractivity contribution is -0.271. The molecule has 5 amide bonds. The molecule has 8 N–H and O–H groups in total. The number of esters is 1. The molecule has 4 aromatic rings. The van der Waals surface area contributed by atoms with Crippen molar-refractivity contribution in [2.45, 2.75) is 89.3 Å². The molecule has 5 aliphatic rings. The third-order valence-electron chi connectivity index (χ3n) is 12.4. The van der Waals surface area contributed by atoms with E-state index < -0.39 is 84.7 Å². The number of aromatic nitrogens is 2. The molecule has 2 fully saturated rings. The Labute approximate surface area is 393 Å². The topological polar surface area (TPSA) is 350 Å². The van der Waals surface area contributed by atoms with Gasteiger partial charge in [0.25, 0.3) is 5.56 Å². The van der Waals surface area contributed by atoms with E-state index in [9.17, 15) is 63.9 Å². The highest BCUT2D eigenvalue weighted by molar-refractivity contribution is 6.03. The molecule has 0 aliphatic carbocycles. The summed E-state index contributed by atoms with van der Waals surface area (Å²) < 4.78 is 34.2. The van der Waals surface area contributed by atoms with Crippen molar-refractivity contribution < 1.29 is 87.5 Å². The van der Waals surface area contributed by atoms with Gasteiger partial charge in [-0.1, -0.05) is 13.0 Å². The first kappa shape index (κ1) is 47.4. The lowest BCUT2D eigenvalue weighted by Gasteiger charge is -2.38. The van der Waals surface area contributed by atoms with Crippen LogP contribution in [0.2, 0.25) is 0 Å². The first-order valence-corrected chi connectivity index (χ1v) is 21.9. The van der Waals surface area contributed by atoms with Gasteiger partial charge >= 0.3 is 18.0 Å². The minimum absolute atomic E-state index is 0.0153. The number of alkyl carbamates (subject to hydrolysis) is 1. The van der Waals surface area contributed by atoms with Gasteiger partial charge < -0.3 is 74.5 Å². The van der Waals surface area contributed by atoms with Gasteiger partial charge in [0, 0.05) is 67.4 Å². The number of anilines is 1. The summed E-state index contributed by atoms with van der Waals surface area (Å²) in [6, 6.07) is 8.86. The number of nitrogens with zero attached hydrogens (tertiary/aromatic N) is 3. The number of pyridine rings is 2. The average molecular weight is 973 g/mol. The number of likely N-dealkylation sites (tertiary alicyclic amines) is 1. The van der Waals surface area contributed by atoms with E-state index in [1.165, 1.54) is 28.8 Å². The summed E-state index contributed by atoms with van der Waals surface area (Å²) in [5.74, 6) is -4.40. The highest BCUT2D eigenvalue weighted by Crippen LogP contribution is 2.42. The fourth-order valence-electron chi connectivity index (χ4n) is 8.72. The van der Waals surface area contributed by atoms with Crippen LogP contribution in [-0.2, 0) is 69.3 Å². The van der Waals surface area contributed by atoms with Crippen molar-refractivity contribution in [3.63, 3.8) is 0 Å². The van der Waals surface area contributed by atoms with Crippen LogP contribution in [0.1, 0.15) is 60.1 Å². The third kappa shape index (κ3) is 9.02. The van der Waals surface area contributed by atoms with Crippen molar-refractivity contribution in [2.75, 3.05) is 25.2 Å². The number of carboxylic acids is 1. The van der Waals surface area contributed by atoms with Gasteiger partial charge in [-0.25, -0.2) is 19.4 Å². The van der Waals surface area contributed by atoms with Crippen molar-refractivity contribution in [3.05, 3.63) is 74.6 Å². The van der Waals surface area contributed by atoms with Crippen LogP contribution < -0.4 is 35.7 Å². The minimum atomic E-state index is -2.01. The lowest BCUT2D eigenvalue weighted by atomic mass is 9.98. The zero-order valence-electron chi connectivity index (χ0n) is 36.9. The molecule has 7 heterocycles. The Balaban J connectivity index is 0.904. The molecule has 25 heteroatoms. The molecule has 9 rings (SSSR count). The second-order valence-electron chi connectivity index (χ2n) is 17.0. The summed E-state index contributed by atoms with van der Waals surface area (Å²) in [6.07, 6.45) is -12.9. The van der Waals surface area contributed by atoms with Crippen LogP contribution in [0.25, 0.3) is 22.3 Å². The van der Waals surface area contributed by atoms with Crippen LogP contribution in [0.5, 0.6) is 17.2 Å². The highest BCUT2D eigenvalue weighted by Gasteiger charge is 2.48. The molecule has 0 radical (unpaired) electrons. The number of ether oxygens (including phenoxy) is 6. The summed E-state index contributed by atoms with van der Waals surface area (Å²) in [6.45, 7) is 0.390. The number of hydrogen-bond acceptors (Lipinski definition) is 19. The maximum Gasteiger partial charge on any atom is 0.407 e. The number of carbonyl (C=O) groups excluding carboxylic acids is 6. The molecule has 0 saturated carbocycles. The predicted octanol–water partition coefficient (Wildman–Crippen LogP) is -0.829. The second kappa shape index (κ2) is 19.0. The highest BCUT2D eigenvalue weighted by atomic mass is 16.7. The van der Waals surface area contributed by atoms with Crippen molar-refractivity contribution in [3.8, 4) is 28.6 Å². The van der Waals surface area contributed by atoms with Crippen molar-refractivity contribution >= 4 is 58.3 Å². The number of carboxylic acid groups (broad SMARTS) is 1. The number of fused-ring (bicyclic) bond motifs is 6. The number of benzene rings is 2. The van der Waals surface area contributed by atoms with Crippen LogP contribution in [0.3, 0.4) is 0 Å². The van der Waals surface area contributed by atoms with E-state index in [1.807, 2.05) is 0 Å². The summed E-state index contributed by atoms with van der Waals surface area (Å²) in [7, 11) is 0. The first-order valence-electron chi connectivity index (χ1n) is 21.9. The third-order valence-corrected chi connectivity index (χ3v) is 12.4. The van der Waals surface area contributed by atoms with Gasteiger partial charge in [0.1, 0.15) is 37.3 Å². The van der Waals surface area contributed by atoms with Gasteiger partial charge in [-0.05, 0) is 35.4 Å². The molecular weight excluding hydrogens is 929 g/mol. The van der Waals surface area contributed by atoms with E-state index in [0.29, 0.717) is 44.9 Å². The molecule has 2 aromatic carbocycles. The Morgan fingerprint density at radius 2 is 1.66 bits per heavy atom. The zero-order valence-corrected chi connectivity index (χ0v) is 36.9. The van der Waals surface area contributed by atoms with E-state index in [1.54, 1.807) is 19.1 Å². The summed E-state index contributed by atoms with van der Waals surface area (Å²) in [5.41, 5.74) is 2.08. The van der Waals surface area contributed by atoms with Gasteiger partial charge in [0.2, 0.25) is 36.7 Å². The zero-order chi connectivity index (χ0) is 49.7. The monoisotopic (exact) mass is 972 g/mol. The Morgan fingerprint density at radius 1 is 0.886 bits per heavy atom. The Bertz CT molecular complexity index is 2940. The van der Waals surface area contributed by atoms with E-state index in [4.69, 9.17) is 33.4 Å². The minimum Gasteiger partial charge on any atom is -0.479 e. The van der Waals surface area contributed by atoms with Crippen molar-refractivity contribution in [1.29, 1.82) is 0 Å². The number of rotatable bonds is 14. The maximum atomic E-state index is 13.7. The largest absolute Gasteiger partial charge is 0.479 e. The van der Waals surface area contributed by atoms with E-state index in [0.717, 1.165) is 4.90 Å². The SMILES string of the molecule is CC1CC(=O)N(CCC(=O)NCCC(=O)Nc2cc(COC(=O)NCc3c4c(nc5cc6c(cc35)OCO6)-c3cc5c(c(=O)n3C4)COC(=O)[C@H]5O)ccc2O[C@@H]2OC(C(=O)O)[C@@H](O)C(O)C2O)C1=O. The molecule has 7 atom stereocenters. The lowest BCUT2D eigenvalue weighted by Crippen LogP contribution is -2.61. The van der Waals surface area contributed by atoms with Gasteiger partial charge in [-0.2, -0.15) is 0 Å². The number of imide groups is 1. The number of cyclic esters (lactones) is 1. The number of amides is 5. The van der Waals surface area contributed by atoms with E-state index in [-0.39, 0.29) is 98.8 Å². The van der Waals surface area contributed by atoms with Gasteiger partial charge in [0.15, 0.2) is 23.7 Å². The van der Waals surface area contributed by atoms with Crippen LogP contribution in [0.15, 0.2) is 41.2 Å². The fourth-order valence-corrected chi connectivity index (χ4v) is 8.72. The van der Waals surface area contributed by atoms with Crippen LogP contribution in [-0.4, -0.2) is 132 Å². The van der Waals surface area contributed by atoms with Crippen molar-refractivity contribution in [2.24, 2.45) is 5.92 Å². The molecule has 2 aromatic heterocycles. The molecule has 368 valence electrons. The summed E-state index contributed by atoms with van der Waals surface area (Å²) in [5, 5.41) is 59.7. The number of aliphatic hydroxyl groups is 4. The van der Waals surface area contributed by atoms with Gasteiger partial charge in [0.05, 0.1) is 34.7 Å².